The number of aldehydes is 1. The van der Waals surface area contributed by atoms with Crippen LogP contribution in [0, 0.1) is 11.9 Å². The van der Waals surface area contributed by atoms with Gasteiger partial charge in [-0.3, -0.25) is 14.8 Å². The molecule has 7 aromatic rings. The zero-order chi connectivity index (χ0) is 34.4. The van der Waals surface area contributed by atoms with E-state index >= 15 is 0 Å². The molecule has 50 heavy (non-hydrogen) atoms. The maximum Gasteiger partial charge on any atom is 0.326 e. The third kappa shape index (κ3) is 6.30. The minimum absolute atomic E-state index is 0.211. The number of fused-ring (bicyclic) bond motifs is 2. The number of hydrogen-bond acceptors (Lipinski definition) is 11. The summed E-state index contributed by atoms with van der Waals surface area (Å²) in [6.07, 6.45) is 12.3. The van der Waals surface area contributed by atoms with E-state index in [0.29, 0.717) is 62.4 Å². The van der Waals surface area contributed by atoms with Gasteiger partial charge >= 0.3 is 5.69 Å². The lowest BCUT2D eigenvalue weighted by Gasteiger charge is -2.10. The van der Waals surface area contributed by atoms with Gasteiger partial charge in [0.2, 0.25) is 17.8 Å². The van der Waals surface area contributed by atoms with Crippen LogP contribution in [-0.2, 0) is 0 Å². The highest BCUT2D eigenvalue weighted by Crippen LogP contribution is 2.28. The van der Waals surface area contributed by atoms with Gasteiger partial charge in [-0.1, -0.05) is 0 Å². The fraction of sp³-hybridized carbons (Fsp3) is 0.182. The Balaban J connectivity index is 0.000000149. The zero-order valence-electron chi connectivity index (χ0n) is 26.0. The minimum Gasteiger partial charge on any atom is -0.493 e. The number of carbonyl (C=O) groups is 1. The van der Waals surface area contributed by atoms with Gasteiger partial charge in [-0.15, -0.1) is 0 Å². The van der Waals surface area contributed by atoms with Crippen molar-refractivity contribution in [3.8, 4) is 28.4 Å². The standard InChI is InChI=1S/C18H14FN7O2.C15H12FN5O/c19-14-6-9(3-4-20-14)12-7-15(22-11-1-2-11)26-16(23-12)10(8-21-26)5-13-17(27)25-18(28)24-13;16-13-5-9(3-4-17-13)12-6-14(19-11-1-2-11)21-15(20-12)10(8-22)7-18-21/h3-8,11,27H,1-2H2,(H2,24,25,28);3-8,11,19H,1-2H2. The molecule has 2 saturated carbocycles. The molecule has 7 heterocycles. The lowest BCUT2D eigenvalue weighted by molar-refractivity contribution is 0.112. The number of aromatic nitrogens is 10. The lowest BCUT2D eigenvalue weighted by Crippen LogP contribution is -2.19. The number of carbonyl (C=O) groups excluding carboxylic acids is 1. The molecule has 0 radical (unpaired) electrons. The zero-order valence-corrected chi connectivity index (χ0v) is 26.0. The highest BCUT2D eigenvalue weighted by atomic mass is 19.1. The molecule has 17 heteroatoms. The normalized spacial score (nSPS) is 15.0. The summed E-state index contributed by atoms with van der Waals surface area (Å²) in [5, 5.41) is 22.3. The van der Waals surface area contributed by atoms with Crippen molar-refractivity contribution in [3.63, 3.8) is 0 Å². The van der Waals surface area contributed by atoms with Gasteiger partial charge in [-0.05, 0) is 43.9 Å². The van der Waals surface area contributed by atoms with Crippen LogP contribution in [0.3, 0.4) is 0 Å². The van der Waals surface area contributed by atoms with Crippen LogP contribution in [-0.4, -0.2) is 72.6 Å². The van der Waals surface area contributed by atoms with Gasteiger partial charge in [0.25, 0.3) is 0 Å². The van der Waals surface area contributed by atoms with Gasteiger partial charge in [0.05, 0.1) is 35.4 Å². The predicted molar refractivity (Wildman–Crippen MR) is 175 cm³/mol. The molecular formula is C33H26F2N12O3. The van der Waals surface area contributed by atoms with Crippen molar-refractivity contribution < 1.29 is 18.7 Å². The molecule has 2 aliphatic carbocycles. The van der Waals surface area contributed by atoms with Crippen molar-refractivity contribution in [2.24, 2.45) is 4.99 Å². The third-order valence-corrected chi connectivity index (χ3v) is 7.98. The molecule has 2 aliphatic rings. The number of nitrogens with one attached hydrogen (secondary N) is 3. The molecule has 15 nitrogen and oxygen atoms in total. The predicted octanol–water partition coefficient (Wildman–Crippen LogP) is 2.58. The van der Waals surface area contributed by atoms with Crippen LogP contribution in [0.15, 0.2) is 71.0 Å². The average Bonchev–Trinajstić information content (AvgIpc) is 4.00. The number of H-pyrrole nitrogens is 2. The molecule has 0 spiro atoms. The monoisotopic (exact) mass is 676 g/mol. The van der Waals surface area contributed by atoms with Crippen molar-refractivity contribution in [2.75, 3.05) is 5.32 Å². The number of hydrogen-bond donors (Lipinski definition) is 4. The average molecular weight is 677 g/mol. The van der Waals surface area contributed by atoms with Crippen LogP contribution in [0.5, 0.6) is 5.88 Å². The first-order chi connectivity index (χ1) is 24.3. The minimum atomic E-state index is -0.602. The Morgan fingerprint density at radius 2 is 1.56 bits per heavy atom. The van der Waals surface area contributed by atoms with Crippen molar-refractivity contribution in [1.29, 1.82) is 0 Å². The highest BCUT2D eigenvalue weighted by molar-refractivity contribution is 5.85. The molecule has 0 amide bonds. The van der Waals surface area contributed by atoms with E-state index in [-0.39, 0.29) is 17.6 Å². The van der Waals surface area contributed by atoms with Gasteiger partial charge in [-0.2, -0.15) is 28.0 Å². The SMILES string of the molecule is O=Cc1cnn2c(NC3CC3)cc(-c3ccnc(F)c3)nc12.O=c1[nH]c(O)c(C=c2cnn3c(=NC4CC4)cc(-c4ccnc(F)c4)nc23)[nH]1. The third-order valence-electron chi connectivity index (χ3n) is 7.98. The number of aromatic hydroxyl groups is 1. The summed E-state index contributed by atoms with van der Waals surface area (Å²) >= 11 is 0. The Labute approximate surface area is 279 Å². The van der Waals surface area contributed by atoms with Gasteiger partial charge in [0, 0.05) is 59.0 Å². The van der Waals surface area contributed by atoms with E-state index in [0.717, 1.165) is 31.5 Å². The molecule has 0 bridgehead atoms. The molecule has 4 N–H and O–H groups in total. The van der Waals surface area contributed by atoms with Gasteiger partial charge in [0.15, 0.2) is 23.1 Å². The number of rotatable bonds is 7. The van der Waals surface area contributed by atoms with Crippen LogP contribution in [0.4, 0.5) is 14.6 Å². The summed E-state index contributed by atoms with van der Waals surface area (Å²) in [6.45, 7) is 0. The molecule has 0 unspecified atom stereocenters. The molecule has 0 saturated heterocycles. The smallest absolute Gasteiger partial charge is 0.326 e. The second-order valence-electron chi connectivity index (χ2n) is 11.8. The van der Waals surface area contributed by atoms with Crippen molar-refractivity contribution in [3.05, 3.63) is 106 Å². The Morgan fingerprint density at radius 1 is 0.880 bits per heavy atom. The quantitative estimate of drug-likeness (QED) is 0.144. The Bertz CT molecular complexity index is 2600. The van der Waals surface area contributed by atoms with Crippen LogP contribution >= 0.6 is 0 Å². The van der Waals surface area contributed by atoms with Crippen LogP contribution < -0.4 is 21.7 Å². The molecule has 250 valence electrons. The van der Waals surface area contributed by atoms with E-state index < -0.39 is 17.6 Å². The number of nitrogens with zero attached hydrogens (tertiary/aromatic N) is 9. The van der Waals surface area contributed by atoms with Gasteiger partial charge in [-0.25, -0.2) is 24.7 Å². The van der Waals surface area contributed by atoms with E-state index in [4.69, 9.17) is 0 Å². The number of halogens is 2. The van der Waals surface area contributed by atoms with E-state index in [9.17, 15) is 23.5 Å². The van der Waals surface area contributed by atoms with Crippen LogP contribution in [0.2, 0.25) is 0 Å². The Hall–Kier alpha value is -6.65. The molecular weight excluding hydrogens is 650 g/mol. The van der Waals surface area contributed by atoms with E-state index in [2.05, 4.69) is 50.4 Å². The molecule has 9 rings (SSSR count). The highest BCUT2D eigenvalue weighted by Gasteiger charge is 2.23. The van der Waals surface area contributed by atoms with E-state index in [1.165, 1.54) is 30.7 Å². The molecule has 0 aromatic carbocycles. The molecule has 0 atom stereocenters. The number of imidazole rings is 1. The molecule has 2 fully saturated rings. The maximum absolute atomic E-state index is 13.6. The fourth-order valence-corrected chi connectivity index (χ4v) is 5.22. The summed E-state index contributed by atoms with van der Waals surface area (Å²) < 4.78 is 30.1. The number of aromatic amines is 2. The summed E-state index contributed by atoms with van der Waals surface area (Å²) in [5.41, 5.74) is 3.87. The topological polar surface area (TPSA) is 196 Å². The second kappa shape index (κ2) is 12.4. The lowest BCUT2D eigenvalue weighted by atomic mass is 10.2. The summed E-state index contributed by atoms with van der Waals surface area (Å²) in [7, 11) is 0. The largest absolute Gasteiger partial charge is 0.493 e. The van der Waals surface area contributed by atoms with Crippen molar-refractivity contribution >= 4 is 29.5 Å². The van der Waals surface area contributed by atoms with E-state index in [1.807, 2.05) is 6.07 Å². The Morgan fingerprint density at radius 3 is 2.18 bits per heavy atom. The summed E-state index contributed by atoms with van der Waals surface area (Å²) in [6, 6.07) is 10.2. The first kappa shape index (κ1) is 30.7. The van der Waals surface area contributed by atoms with E-state index in [1.54, 1.807) is 39.5 Å². The maximum atomic E-state index is 13.6. The second-order valence-corrected chi connectivity index (χ2v) is 11.8. The van der Waals surface area contributed by atoms with Crippen LogP contribution in [0.1, 0.15) is 41.7 Å². The van der Waals surface area contributed by atoms with Gasteiger partial charge < -0.3 is 15.4 Å². The first-order valence-electron chi connectivity index (χ1n) is 15.6. The fourth-order valence-electron chi connectivity index (χ4n) is 5.22. The summed E-state index contributed by atoms with van der Waals surface area (Å²) in [4.78, 5) is 48.1. The number of anilines is 1. The van der Waals surface area contributed by atoms with Gasteiger partial charge in [0.1, 0.15) is 11.5 Å². The molecule has 7 aromatic heterocycles. The van der Waals surface area contributed by atoms with Crippen LogP contribution in [0.25, 0.3) is 39.9 Å². The Kier molecular flexibility index (Phi) is 7.62. The molecule has 0 aliphatic heterocycles. The number of pyridine rings is 2. The van der Waals surface area contributed by atoms with Crippen molar-refractivity contribution in [1.82, 2.24) is 49.1 Å². The first-order valence-corrected chi connectivity index (χ1v) is 15.6. The van der Waals surface area contributed by atoms with Crippen molar-refractivity contribution in [2.45, 2.75) is 37.8 Å². The summed E-state index contributed by atoms with van der Waals surface area (Å²) in [5.74, 6) is -0.706.